The molecule has 2 heterocycles. The highest BCUT2D eigenvalue weighted by Crippen LogP contribution is 2.24. The maximum Gasteiger partial charge on any atom is 0.281 e. The van der Waals surface area contributed by atoms with E-state index in [1.54, 1.807) is 18.5 Å². The van der Waals surface area contributed by atoms with Gasteiger partial charge in [0.15, 0.2) is 5.11 Å². The molecule has 0 unspecified atom stereocenters. The van der Waals surface area contributed by atoms with E-state index in [4.69, 9.17) is 17.0 Å². The van der Waals surface area contributed by atoms with E-state index in [0.29, 0.717) is 23.1 Å². The molecule has 1 N–H and O–H groups in total. The molecule has 6 heteroatoms. The van der Waals surface area contributed by atoms with Crippen LogP contribution in [0.1, 0.15) is 12.5 Å². The average Bonchev–Trinajstić information content (AvgIpc) is 2.84. The summed E-state index contributed by atoms with van der Waals surface area (Å²) < 4.78 is 5.41. The number of hydrogen-bond acceptors (Lipinski definition) is 4. The van der Waals surface area contributed by atoms with E-state index in [-0.39, 0.29) is 5.91 Å². The quantitative estimate of drug-likeness (QED) is 0.692. The number of pyridine rings is 1. The Labute approximate surface area is 139 Å². The first kappa shape index (κ1) is 15.2. The number of benzene rings is 1. The van der Waals surface area contributed by atoms with Crippen LogP contribution in [0.25, 0.3) is 6.08 Å². The van der Waals surface area contributed by atoms with Crippen molar-refractivity contribution in [3.63, 3.8) is 0 Å². The van der Waals surface area contributed by atoms with Gasteiger partial charge in [-0.05, 0) is 67.2 Å². The van der Waals surface area contributed by atoms with Gasteiger partial charge in [-0.25, -0.2) is 0 Å². The second-order valence-electron chi connectivity index (χ2n) is 4.84. The third-order valence-corrected chi connectivity index (χ3v) is 3.59. The van der Waals surface area contributed by atoms with Crippen LogP contribution < -0.4 is 15.0 Å². The van der Waals surface area contributed by atoms with Crippen molar-refractivity contribution in [2.45, 2.75) is 6.92 Å². The largest absolute Gasteiger partial charge is 0.494 e. The topological polar surface area (TPSA) is 54.5 Å². The monoisotopic (exact) mass is 325 g/mol. The summed E-state index contributed by atoms with van der Waals surface area (Å²) in [5.74, 6) is 0.574. The molecule has 2 aromatic rings. The van der Waals surface area contributed by atoms with Crippen LogP contribution in [0.5, 0.6) is 5.75 Å². The number of ether oxygens (including phenoxy) is 1. The van der Waals surface area contributed by atoms with Gasteiger partial charge in [0.05, 0.1) is 12.3 Å². The molecule has 1 amide bonds. The Morgan fingerprint density at radius 1 is 1.22 bits per heavy atom. The minimum absolute atomic E-state index is 0.184. The van der Waals surface area contributed by atoms with E-state index in [9.17, 15) is 4.79 Å². The lowest BCUT2D eigenvalue weighted by Crippen LogP contribution is -2.30. The molecule has 3 rings (SSSR count). The molecule has 1 aromatic carbocycles. The van der Waals surface area contributed by atoms with Gasteiger partial charge in [0.2, 0.25) is 0 Å². The Hall–Kier alpha value is -2.73. The number of nitrogens with one attached hydrogen (secondary N) is 1. The highest BCUT2D eigenvalue weighted by Gasteiger charge is 2.31. The standard InChI is InChI=1S/C17H15N3O2S/c1-2-22-14-5-3-13(4-6-14)20-16(21)15(19-17(20)23)11-12-7-9-18-10-8-12/h3-11H,2H2,1H3,(H,19,23)/b15-11+. The smallest absolute Gasteiger partial charge is 0.281 e. The van der Waals surface area contributed by atoms with E-state index < -0.39 is 0 Å². The SMILES string of the molecule is CCOc1ccc(N2C(=O)/C(=C\c3ccncc3)NC2=S)cc1. The zero-order valence-electron chi connectivity index (χ0n) is 12.5. The Balaban J connectivity index is 1.85. The zero-order valence-corrected chi connectivity index (χ0v) is 13.3. The lowest BCUT2D eigenvalue weighted by atomic mass is 10.2. The fraction of sp³-hybridized carbons (Fsp3) is 0.118. The Morgan fingerprint density at radius 2 is 1.91 bits per heavy atom. The number of carbonyl (C=O) groups excluding carboxylic acids is 1. The number of hydrogen-bond donors (Lipinski definition) is 1. The van der Waals surface area contributed by atoms with Crippen LogP contribution in [0, 0.1) is 0 Å². The number of carbonyl (C=O) groups is 1. The van der Waals surface area contributed by atoms with Gasteiger partial charge in [-0.1, -0.05) is 0 Å². The van der Waals surface area contributed by atoms with Gasteiger partial charge < -0.3 is 10.1 Å². The van der Waals surface area contributed by atoms with Gasteiger partial charge in [0, 0.05) is 12.4 Å². The normalized spacial score (nSPS) is 15.9. The van der Waals surface area contributed by atoms with Crippen molar-refractivity contribution in [3.8, 4) is 5.75 Å². The van der Waals surface area contributed by atoms with E-state index >= 15 is 0 Å². The number of thiocarbonyl (C=S) groups is 1. The summed E-state index contributed by atoms with van der Waals surface area (Å²) in [7, 11) is 0. The van der Waals surface area contributed by atoms with Crippen molar-refractivity contribution < 1.29 is 9.53 Å². The summed E-state index contributed by atoms with van der Waals surface area (Å²) >= 11 is 5.29. The molecule has 5 nitrogen and oxygen atoms in total. The van der Waals surface area contributed by atoms with Crippen LogP contribution in [0.3, 0.4) is 0 Å². The minimum atomic E-state index is -0.184. The molecule has 0 aliphatic carbocycles. The van der Waals surface area contributed by atoms with Gasteiger partial charge in [-0.15, -0.1) is 0 Å². The highest BCUT2D eigenvalue weighted by atomic mass is 32.1. The van der Waals surface area contributed by atoms with E-state index in [0.717, 1.165) is 11.3 Å². The molecule has 1 fully saturated rings. The molecule has 1 aromatic heterocycles. The fourth-order valence-electron chi connectivity index (χ4n) is 2.25. The summed E-state index contributed by atoms with van der Waals surface area (Å²) in [5.41, 5.74) is 2.02. The second-order valence-corrected chi connectivity index (χ2v) is 5.22. The molecular formula is C17H15N3O2S. The molecule has 1 saturated heterocycles. The van der Waals surface area contributed by atoms with Crippen LogP contribution in [0.2, 0.25) is 0 Å². The van der Waals surface area contributed by atoms with Crippen molar-refractivity contribution in [2.75, 3.05) is 11.5 Å². The third-order valence-electron chi connectivity index (χ3n) is 3.30. The summed E-state index contributed by atoms with van der Waals surface area (Å²) in [4.78, 5) is 18.0. The Kier molecular flexibility index (Phi) is 4.34. The Bertz CT molecular complexity index is 757. The third kappa shape index (κ3) is 3.22. The average molecular weight is 325 g/mol. The first-order valence-electron chi connectivity index (χ1n) is 7.19. The number of nitrogens with zero attached hydrogens (tertiary/aromatic N) is 2. The van der Waals surface area contributed by atoms with Crippen LogP contribution in [0.4, 0.5) is 5.69 Å². The molecular weight excluding hydrogens is 310 g/mol. The zero-order chi connectivity index (χ0) is 16.2. The van der Waals surface area contributed by atoms with Gasteiger partial charge in [0.1, 0.15) is 11.4 Å². The fourth-order valence-corrected chi connectivity index (χ4v) is 2.55. The molecule has 0 atom stereocenters. The van der Waals surface area contributed by atoms with Gasteiger partial charge >= 0.3 is 0 Å². The first-order chi connectivity index (χ1) is 11.2. The van der Waals surface area contributed by atoms with Gasteiger partial charge in [-0.2, -0.15) is 0 Å². The summed E-state index contributed by atoms with van der Waals surface area (Å²) in [6, 6.07) is 10.9. The molecule has 0 saturated carbocycles. The first-order valence-corrected chi connectivity index (χ1v) is 7.60. The van der Waals surface area contributed by atoms with Crippen LogP contribution in [0.15, 0.2) is 54.5 Å². The maximum absolute atomic E-state index is 12.6. The second kappa shape index (κ2) is 6.58. The lowest BCUT2D eigenvalue weighted by molar-refractivity contribution is -0.113. The number of aromatic nitrogens is 1. The van der Waals surface area contributed by atoms with E-state index in [2.05, 4.69) is 10.3 Å². The van der Waals surface area contributed by atoms with E-state index in [1.165, 1.54) is 4.90 Å². The van der Waals surface area contributed by atoms with Crippen LogP contribution >= 0.6 is 12.2 Å². The van der Waals surface area contributed by atoms with Crippen molar-refractivity contribution >= 4 is 35.0 Å². The highest BCUT2D eigenvalue weighted by molar-refractivity contribution is 7.80. The molecule has 116 valence electrons. The van der Waals surface area contributed by atoms with Crippen LogP contribution in [-0.2, 0) is 4.79 Å². The summed E-state index contributed by atoms with van der Waals surface area (Å²) in [6.07, 6.45) is 5.10. The predicted octanol–water partition coefficient (Wildman–Crippen LogP) is 2.74. The van der Waals surface area contributed by atoms with Gasteiger partial charge in [-0.3, -0.25) is 14.7 Å². The minimum Gasteiger partial charge on any atom is -0.494 e. The van der Waals surface area contributed by atoms with Crippen molar-refractivity contribution in [1.82, 2.24) is 10.3 Å². The molecule has 0 radical (unpaired) electrons. The molecule has 1 aliphatic rings. The van der Waals surface area contributed by atoms with E-state index in [1.807, 2.05) is 43.3 Å². The Morgan fingerprint density at radius 3 is 2.57 bits per heavy atom. The van der Waals surface area contributed by atoms with Crippen molar-refractivity contribution in [2.24, 2.45) is 0 Å². The molecule has 0 spiro atoms. The molecule has 23 heavy (non-hydrogen) atoms. The van der Waals surface area contributed by atoms with Crippen molar-refractivity contribution in [3.05, 3.63) is 60.1 Å². The molecule has 0 bridgehead atoms. The lowest BCUT2D eigenvalue weighted by Gasteiger charge is -2.14. The number of rotatable bonds is 4. The number of amides is 1. The van der Waals surface area contributed by atoms with Crippen LogP contribution in [-0.4, -0.2) is 22.6 Å². The summed E-state index contributed by atoms with van der Waals surface area (Å²) in [6.45, 7) is 2.52. The maximum atomic E-state index is 12.6. The number of anilines is 1. The van der Waals surface area contributed by atoms with Gasteiger partial charge in [0.25, 0.3) is 5.91 Å². The van der Waals surface area contributed by atoms with Crippen molar-refractivity contribution in [1.29, 1.82) is 0 Å². The molecule has 1 aliphatic heterocycles. The summed E-state index contributed by atoms with van der Waals surface area (Å²) in [5, 5.41) is 3.32. The predicted molar refractivity (Wildman–Crippen MR) is 93.0 cm³/mol.